The number of hydrogen-bond acceptors (Lipinski definition) is 2. The summed E-state index contributed by atoms with van der Waals surface area (Å²) in [5.74, 6) is -0.695. The second-order valence-corrected chi connectivity index (χ2v) is 11.1. The van der Waals surface area contributed by atoms with Gasteiger partial charge in [0.25, 0.3) is 0 Å². The maximum Gasteiger partial charge on any atom is 0.305 e. The van der Waals surface area contributed by atoms with Crippen molar-refractivity contribution < 1.29 is 14.7 Å². The van der Waals surface area contributed by atoms with Crippen LogP contribution in [0, 0.1) is 0 Å². The Hall–Kier alpha value is -0.843. The lowest BCUT2D eigenvalue weighted by Gasteiger charge is -2.54. The maximum absolute atomic E-state index is 11.7. The minimum atomic E-state index is -1.89. The normalized spacial score (nSPS) is 21.9. The lowest BCUT2D eigenvalue weighted by atomic mass is 10.0. The van der Waals surface area contributed by atoms with Crippen LogP contribution in [0.4, 0.5) is 0 Å². The van der Waals surface area contributed by atoms with E-state index in [1.54, 1.807) is 0 Å². The van der Waals surface area contributed by atoms with Crippen LogP contribution in [0.2, 0.25) is 18.1 Å². The quantitative estimate of drug-likeness (QED) is 0.610. The van der Waals surface area contributed by atoms with Crippen LogP contribution in [-0.2, 0) is 9.59 Å². The molecule has 1 saturated heterocycles. The molecule has 1 fully saturated rings. The summed E-state index contributed by atoms with van der Waals surface area (Å²) in [5.41, 5.74) is 0. The van der Waals surface area contributed by atoms with Gasteiger partial charge in [-0.2, -0.15) is 0 Å². The smallest absolute Gasteiger partial charge is 0.305 e. The van der Waals surface area contributed by atoms with E-state index >= 15 is 0 Å². The minimum absolute atomic E-state index is 0.0693. The molecule has 0 aromatic rings. The second kappa shape index (κ2) is 3.87. The highest BCUT2D eigenvalue weighted by Crippen LogP contribution is 2.43. The molecule has 4 nitrogen and oxygen atoms in total. The molecule has 0 radical (unpaired) electrons. The molecule has 16 heavy (non-hydrogen) atoms. The Morgan fingerprint density at radius 2 is 2.00 bits per heavy atom. The van der Waals surface area contributed by atoms with E-state index in [4.69, 9.17) is 5.11 Å². The third-order valence-electron chi connectivity index (χ3n) is 3.89. The molecule has 1 aliphatic heterocycles. The van der Waals surface area contributed by atoms with E-state index in [9.17, 15) is 9.59 Å². The van der Waals surface area contributed by atoms with Crippen molar-refractivity contribution in [3.05, 3.63) is 0 Å². The highest BCUT2D eigenvalue weighted by molar-refractivity contribution is 6.80. The van der Waals surface area contributed by atoms with Gasteiger partial charge in [0.2, 0.25) is 5.91 Å². The van der Waals surface area contributed by atoms with E-state index in [-0.39, 0.29) is 23.4 Å². The predicted molar refractivity (Wildman–Crippen MR) is 64.7 cm³/mol. The molecule has 1 heterocycles. The van der Waals surface area contributed by atoms with Crippen LogP contribution in [0.15, 0.2) is 0 Å². The van der Waals surface area contributed by atoms with E-state index in [0.29, 0.717) is 6.42 Å². The third-order valence-corrected chi connectivity index (χ3v) is 9.38. The maximum atomic E-state index is 11.7. The molecule has 0 aromatic heterocycles. The van der Waals surface area contributed by atoms with Gasteiger partial charge in [-0.1, -0.05) is 33.9 Å². The fraction of sp³-hybridized carbons (Fsp3) is 0.818. The van der Waals surface area contributed by atoms with Gasteiger partial charge in [0.1, 0.15) is 0 Å². The van der Waals surface area contributed by atoms with Crippen LogP contribution in [0.5, 0.6) is 0 Å². The van der Waals surface area contributed by atoms with Crippen molar-refractivity contribution in [2.45, 2.75) is 57.8 Å². The van der Waals surface area contributed by atoms with Crippen LogP contribution in [0.3, 0.4) is 0 Å². The number of carbonyl (C=O) groups excluding carboxylic acids is 1. The molecule has 1 rings (SSSR count). The summed E-state index contributed by atoms with van der Waals surface area (Å²) >= 11 is 0. The van der Waals surface area contributed by atoms with E-state index in [1.807, 2.05) is 4.57 Å². The summed E-state index contributed by atoms with van der Waals surface area (Å²) in [6.07, 6.45) is 0.483. The highest BCUT2D eigenvalue weighted by Gasteiger charge is 2.51. The minimum Gasteiger partial charge on any atom is -0.481 e. The van der Waals surface area contributed by atoms with Gasteiger partial charge in [-0.05, 0) is 5.04 Å². The molecule has 5 heteroatoms. The van der Waals surface area contributed by atoms with E-state index < -0.39 is 14.2 Å². The van der Waals surface area contributed by atoms with Crippen molar-refractivity contribution in [3.63, 3.8) is 0 Å². The number of nitrogens with zero attached hydrogens (tertiary/aromatic N) is 1. The molecule has 92 valence electrons. The Balaban J connectivity index is 2.85. The summed E-state index contributed by atoms with van der Waals surface area (Å²) < 4.78 is 1.88. The van der Waals surface area contributed by atoms with Crippen LogP contribution >= 0.6 is 0 Å². The van der Waals surface area contributed by atoms with Crippen molar-refractivity contribution >= 4 is 20.1 Å². The fourth-order valence-electron chi connectivity index (χ4n) is 1.98. The summed E-state index contributed by atoms with van der Waals surface area (Å²) in [6, 6.07) is -0.0779. The lowest BCUT2D eigenvalue weighted by molar-refractivity contribution is -0.145. The number of aliphatic carboxylic acids is 1. The van der Waals surface area contributed by atoms with Crippen molar-refractivity contribution in [2.75, 3.05) is 0 Å². The molecule has 1 aliphatic rings. The number of amides is 1. The summed E-state index contributed by atoms with van der Waals surface area (Å²) in [7, 11) is -1.89. The largest absolute Gasteiger partial charge is 0.481 e. The lowest BCUT2D eigenvalue weighted by Crippen LogP contribution is -2.68. The zero-order chi connectivity index (χ0) is 12.7. The highest BCUT2D eigenvalue weighted by atomic mass is 28.3. The Kier molecular flexibility index (Phi) is 3.20. The monoisotopic (exact) mass is 243 g/mol. The Labute approximate surface area is 97.7 Å². The number of rotatable bonds is 3. The predicted octanol–water partition coefficient (Wildman–Crippen LogP) is 2.07. The zero-order valence-electron chi connectivity index (χ0n) is 10.7. The second-order valence-electron chi connectivity index (χ2n) is 6.03. The standard InChI is InChI=1S/C11H21NO3Si/c1-11(2,3)16(4,5)12-8(6-9(12)13)7-10(14)15/h8H,6-7H2,1-5H3,(H,14,15)/t8-/m0/s1. The Bertz CT molecular complexity index is 320. The van der Waals surface area contributed by atoms with Gasteiger partial charge in [0.15, 0.2) is 8.24 Å². The van der Waals surface area contributed by atoms with Gasteiger partial charge in [-0.3, -0.25) is 9.59 Å². The molecular formula is C11H21NO3Si. The Morgan fingerprint density at radius 1 is 1.50 bits per heavy atom. The fourth-order valence-corrected chi connectivity index (χ4v) is 4.51. The van der Waals surface area contributed by atoms with Crippen LogP contribution in [-0.4, -0.2) is 35.8 Å². The first-order valence-electron chi connectivity index (χ1n) is 5.61. The van der Waals surface area contributed by atoms with Crippen LogP contribution in [0.25, 0.3) is 0 Å². The molecule has 1 atom stereocenters. The molecule has 0 spiro atoms. The van der Waals surface area contributed by atoms with Crippen LogP contribution < -0.4 is 0 Å². The number of carboxylic acids is 1. The topological polar surface area (TPSA) is 57.6 Å². The summed E-state index contributed by atoms with van der Waals surface area (Å²) in [5, 5.41) is 8.87. The molecule has 1 N–H and O–H groups in total. The number of hydrogen-bond donors (Lipinski definition) is 1. The van der Waals surface area contributed by atoms with Gasteiger partial charge in [0.05, 0.1) is 6.42 Å². The van der Waals surface area contributed by atoms with Crippen LogP contribution in [0.1, 0.15) is 33.6 Å². The Morgan fingerprint density at radius 3 is 2.31 bits per heavy atom. The van der Waals surface area contributed by atoms with Gasteiger partial charge >= 0.3 is 5.97 Å². The van der Waals surface area contributed by atoms with Gasteiger partial charge < -0.3 is 9.67 Å². The van der Waals surface area contributed by atoms with E-state index in [0.717, 1.165) is 0 Å². The molecule has 1 amide bonds. The molecule has 0 aromatic carbocycles. The first kappa shape index (κ1) is 13.2. The van der Waals surface area contributed by atoms with Crippen molar-refractivity contribution in [2.24, 2.45) is 0 Å². The van der Waals surface area contributed by atoms with Crippen molar-refractivity contribution in [1.82, 2.24) is 4.57 Å². The molecular weight excluding hydrogens is 222 g/mol. The molecule has 0 saturated carbocycles. The zero-order valence-corrected chi connectivity index (χ0v) is 11.7. The molecule has 0 bridgehead atoms. The number of β-lactam (4-membered cyclic amide) rings is 1. The van der Waals surface area contributed by atoms with Crippen molar-refractivity contribution in [1.29, 1.82) is 0 Å². The third kappa shape index (κ3) is 2.14. The first-order valence-corrected chi connectivity index (χ1v) is 8.56. The van der Waals surface area contributed by atoms with E-state index in [1.165, 1.54) is 0 Å². The van der Waals surface area contributed by atoms with E-state index in [2.05, 4.69) is 33.9 Å². The van der Waals surface area contributed by atoms with Gasteiger partial charge in [0, 0.05) is 12.5 Å². The average Bonchev–Trinajstić information content (AvgIpc) is 1.98. The molecule has 0 aliphatic carbocycles. The molecule has 0 unspecified atom stereocenters. The average molecular weight is 243 g/mol. The number of carbonyl (C=O) groups is 2. The van der Waals surface area contributed by atoms with Gasteiger partial charge in [-0.25, -0.2) is 0 Å². The SMILES string of the molecule is CC(C)(C)[Si](C)(C)N1C(=O)C[C@H]1CC(=O)O. The van der Waals surface area contributed by atoms with Gasteiger partial charge in [-0.15, -0.1) is 0 Å². The van der Waals surface area contributed by atoms with Crippen molar-refractivity contribution in [3.8, 4) is 0 Å². The number of carboxylic acid groups (broad SMARTS) is 1. The first-order chi connectivity index (χ1) is 7.07. The summed E-state index contributed by atoms with van der Waals surface area (Å²) in [4.78, 5) is 22.4. The summed E-state index contributed by atoms with van der Waals surface area (Å²) in [6.45, 7) is 10.7.